The molecule has 11 heteroatoms. The van der Waals surface area contributed by atoms with Crippen molar-refractivity contribution in [2.45, 2.75) is 6.42 Å². The first-order valence-electron chi connectivity index (χ1n) is 8.85. The second-order valence-electron chi connectivity index (χ2n) is 6.30. The lowest BCUT2D eigenvalue weighted by Crippen LogP contribution is -2.19. The number of H-pyrrole nitrogens is 1. The molecule has 0 bridgehead atoms. The summed E-state index contributed by atoms with van der Waals surface area (Å²) in [6, 6.07) is 15.9. The van der Waals surface area contributed by atoms with Crippen LogP contribution in [0.4, 0.5) is 22.0 Å². The number of rotatable bonds is 5. The fourth-order valence-corrected chi connectivity index (χ4v) is 2.83. The average Bonchev–Trinajstić information content (AvgIpc) is 3.38. The van der Waals surface area contributed by atoms with Crippen LogP contribution in [0.25, 0.3) is 5.69 Å². The zero-order chi connectivity index (χ0) is 20.9. The second kappa shape index (κ2) is 8.11. The number of hydrogen-bond acceptors (Lipinski definition) is 7. The van der Waals surface area contributed by atoms with Gasteiger partial charge in [0.1, 0.15) is 17.5 Å². The Kier molecular flexibility index (Phi) is 5.04. The molecule has 0 atom stereocenters. The van der Waals surface area contributed by atoms with Gasteiger partial charge in [-0.1, -0.05) is 17.3 Å². The van der Waals surface area contributed by atoms with Gasteiger partial charge in [0, 0.05) is 17.8 Å². The van der Waals surface area contributed by atoms with E-state index in [0.29, 0.717) is 34.9 Å². The van der Waals surface area contributed by atoms with Crippen LogP contribution in [0.5, 0.6) is 0 Å². The van der Waals surface area contributed by atoms with Crippen LogP contribution in [0.3, 0.4) is 0 Å². The summed E-state index contributed by atoms with van der Waals surface area (Å²) in [4.78, 5) is 12.3. The van der Waals surface area contributed by atoms with Crippen molar-refractivity contribution < 1.29 is 4.79 Å². The fourth-order valence-electron chi connectivity index (χ4n) is 2.83. The summed E-state index contributed by atoms with van der Waals surface area (Å²) >= 11 is 0. The van der Waals surface area contributed by atoms with Gasteiger partial charge < -0.3 is 16.4 Å². The lowest BCUT2D eigenvalue weighted by molar-refractivity contribution is 0.262. The Balaban J connectivity index is 1.39. The lowest BCUT2D eigenvalue weighted by Gasteiger charge is -2.10. The monoisotopic (exact) mass is 400 g/mol. The standard InChI is InChI=1S/C19H16N10O/c20-10-13-11-22-29(18(13)21)16-6-4-14(5-7-16)23-19(30)24-15-3-1-2-12(8-15)9-17-25-27-28-26-17/h1-8,11H,9,21H2,(H2,23,24,30)(H,25,26,27,28). The van der Waals surface area contributed by atoms with E-state index in [-0.39, 0.29) is 11.8 Å². The predicted octanol–water partition coefficient (Wildman–Crippen LogP) is 2.07. The number of urea groups is 1. The van der Waals surface area contributed by atoms with E-state index in [4.69, 9.17) is 11.0 Å². The number of amides is 2. The topological polar surface area (TPSA) is 163 Å². The van der Waals surface area contributed by atoms with Gasteiger partial charge in [-0.25, -0.2) is 9.48 Å². The number of nitriles is 1. The number of anilines is 3. The number of carbonyl (C=O) groups is 1. The average molecular weight is 400 g/mol. The minimum atomic E-state index is -0.384. The highest BCUT2D eigenvalue weighted by molar-refractivity contribution is 5.99. The van der Waals surface area contributed by atoms with Crippen LogP contribution in [0, 0.1) is 11.3 Å². The molecule has 0 fully saturated rings. The lowest BCUT2D eigenvalue weighted by atomic mass is 10.1. The third kappa shape index (κ3) is 4.07. The number of nitrogens with one attached hydrogen (secondary N) is 3. The molecule has 5 N–H and O–H groups in total. The number of nitrogen functional groups attached to an aromatic ring is 1. The maximum Gasteiger partial charge on any atom is 0.323 e. The quantitative estimate of drug-likeness (QED) is 0.398. The third-order valence-corrected chi connectivity index (χ3v) is 4.23. The zero-order valence-corrected chi connectivity index (χ0v) is 15.6. The largest absolute Gasteiger partial charge is 0.382 e. The molecule has 0 aliphatic heterocycles. The molecule has 2 aromatic heterocycles. The molecule has 2 aromatic carbocycles. The first-order valence-corrected chi connectivity index (χ1v) is 8.85. The summed E-state index contributed by atoms with van der Waals surface area (Å²) in [7, 11) is 0. The summed E-state index contributed by atoms with van der Waals surface area (Å²) in [6.45, 7) is 0. The van der Waals surface area contributed by atoms with Crippen LogP contribution in [-0.2, 0) is 6.42 Å². The van der Waals surface area contributed by atoms with Crippen molar-refractivity contribution in [3.8, 4) is 11.8 Å². The van der Waals surface area contributed by atoms with Crippen LogP contribution >= 0.6 is 0 Å². The normalized spacial score (nSPS) is 10.4. The molecule has 0 saturated heterocycles. The van der Waals surface area contributed by atoms with Crippen LogP contribution in [-0.4, -0.2) is 36.4 Å². The minimum Gasteiger partial charge on any atom is -0.382 e. The molecule has 2 amide bonds. The molecule has 0 spiro atoms. The van der Waals surface area contributed by atoms with Crippen molar-refractivity contribution in [2.75, 3.05) is 16.4 Å². The number of benzene rings is 2. The number of hydrogen-bond donors (Lipinski definition) is 4. The number of aromatic amines is 1. The molecule has 0 radical (unpaired) electrons. The predicted molar refractivity (Wildman–Crippen MR) is 109 cm³/mol. The summed E-state index contributed by atoms with van der Waals surface area (Å²) in [5.41, 5.74) is 9.03. The van der Waals surface area contributed by atoms with Gasteiger partial charge in [-0.2, -0.15) is 15.6 Å². The van der Waals surface area contributed by atoms with Gasteiger partial charge in [-0.3, -0.25) is 0 Å². The third-order valence-electron chi connectivity index (χ3n) is 4.23. The second-order valence-corrected chi connectivity index (χ2v) is 6.30. The van der Waals surface area contributed by atoms with E-state index in [1.165, 1.54) is 10.9 Å². The van der Waals surface area contributed by atoms with E-state index >= 15 is 0 Å². The van der Waals surface area contributed by atoms with Gasteiger partial charge in [-0.05, 0) is 42.0 Å². The summed E-state index contributed by atoms with van der Waals surface area (Å²) in [5.74, 6) is 0.827. The van der Waals surface area contributed by atoms with Crippen molar-refractivity contribution >= 4 is 23.2 Å². The van der Waals surface area contributed by atoms with E-state index in [1.54, 1.807) is 30.3 Å². The molecular formula is C19H16N10O. The number of carbonyl (C=O) groups excluding carboxylic acids is 1. The first-order chi connectivity index (χ1) is 14.6. The van der Waals surface area contributed by atoms with Crippen molar-refractivity contribution in [1.82, 2.24) is 30.4 Å². The number of aromatic nitrogens is 6. The van der Waals surface area contributed by atoms with Crippen molar-refractivity contribution in [3.05, 3.63) is 71.7 Å². The summed E-state index contributed by atoms with van der Waals surface area (Å²) in [5, 5.41) is 32.4. The van der Waals surface area contributed by atoms with Crippen LogP contribution < -0.4 is 16.4 Å². The highest BCUT2D eigenvalue weighted by Crippen LogP contribution is 2.19. The molecule has 4 rings (SSSR count). The molecule has 0 unspecified atom stereocenters. The van der Waals surface area contributed by atoms with E-state index in [1.807, 2.05) is 24.3 Å². The van der Waals surface area contributed by atoms with Gasteiger partial charge in [0.25, 0.3) is 0 Å². The van der Waals surface area contributed by atoms with Crippen LogP contribution in [0.1, 0.15) is 17.0 Å². The van der Waals surface area contributed by atoms with Gasteiger partial charge in [0.2, 0.25) is 0 Å². The van der Waals surface area contributed by atoms with E-state index in [2.05, 4.69) is 36.4 Å². The Morgan fingerprint density at radius 1 is 1.17 bits per heavy atom. The minimum absolute atomic E-state index is 0.261. The molecular weight excluding hydrogens is 384 g/mol. The fraction of sp³-hybridized carbons (Fsp3) is 0.0526. The van der Waals surface area contributed by atoms with Crippen molar-refractivity contribution in [1.29, 1.82) is 5.26 Å². The number of tetrazole rings is 1. The zero-order valence-electron chi connectivity index (χ0n) is 15.6. The molecule has 0 aliphatic carbocycles. The van der Waals surface area contributed by atoms with Gasteiger partial charge in [-0.15, -0.1) is 10.2 Å². The number of nitrogens with two attached hydrogens (primary N) is 1. The Bertz CT molecular complexity index is 1210. The SMILES string of the molecule is N#Cc1cnn(-c2ccc(NC(=O)Nc3cccc(Cc4nn[nH]n4)c3)cc2)c1N. The Labute approximate surface area is 170 Å². The molecule has 148 valence electrons. The summed E-state index contributed by atoms with van der Waals surface area (Å²) in [6.07, 6.45) is 1.90. The molecule has 30 heavy (non-hydrogen) atoms. The van der Waals surface area contributed by atoms with Gasteiger partial charge in [0.15, 0.2) is 5.82 Å². The summed E-state index contributed by atoms with van der Waals surface area (Å²) < 4.78 is 1.46. The maximum atomic E-state index is 12.3. The van der Waals surface area contributed by atoms with E-state index < -0.39 is 0 Å². The van der Waals surface area contributed by atoms with Crippen molar-refractivity contribution in [2.24, 2.45) is 0 Å². The molecule has 11 nitrogen and oxygen atoms in total. The Morgan fingerprint density at radius 3 is 2.67 bits per heavy atom. The smallest absolute Gasteiger partial charge is 0.323 e. The molecule has 0 aliphatic rings. The van der Waals surface area contributed by atoms with Crippen molar-refractivity contribution in [3.63, 3.8) is 0 Å². The Morgan fingerprint density at radius 2 is 1.97 bits per heavy atom. The van der Waals surface area contributed by atoms with E-state index in [9.17, 15) is 4.79 Å². The highest BCUT2D eigenvalue weighted by atomic mass is 16.2. The molecule has 2 heterocycles. The van der Waals surface area contributed by atoms with Gasteiger partial charge in [0.05, 0.1) is 11.9 Å². The number of nitrogens with zero attached hydrogens (tertiary/aromatic N) is 6. The van der Waals surface area contributed by atoms with Crippen LogP contribution in [0.2, 0.25) is 0 Å². The van der Waals surface area contributed by atoms with E-state index in [0.717, 1.165) is 5.56 Å². The highest BCUT2D eigenvalue weighted by Gasteiger charge is 2.09. The Hall–Kier alpha value is -4.72. The maximum absolute atomic E-state index is 12.3. The molecule has 0 saturated carbocycles. The first kappa shape index (κ1) is 18.6. The van der Waals surface area contributed by atoms with Crippen LogP contribution in [0.15, 0.2) is 54.7 Å². The van der Waals surface area contributed by atoms with Gasteiger partial charge >= 0.3 is 6.03 Å². The molecule has 4 aromatic rings.